The van der Waals surface area contributed by atoms with Crippen LogP contribution in [0, 0.1) is 0 Å². The van der Waals surface area contributed by atoms with Crippen molar-refractivity contribution in [1.29, 1.82) is 0 Å². The molecule has 0 aliphatic carbocycles. The predicted octanol–water partition coefficient (Wildman–Crippen LogP) is 2.33. The Labute approximate surface area is 151 Å². The highest BCUT2D eigenvalue weighted by molar-refractivity contribution is 7.99. The molecule has 0 aromatic carbocycles. The first kappa shape index (κ1) is 17.1. The molecule has 2 aromatic rings. The molecule has 0 radical (unpaired) electrons. The fourth-order valence-corrected chi connectivity index (χ4v) is 4.97. The molecule has 0 bridgehead atoms. The van der Waals surface area contributed by atoms with Gasteiger partial charge in [-0.3, -0.25) is 4.68 Å². The van der Waals surface area contributed by atoms with Crippen molar-refractivity contribution in [3.8, 4) is 0 Å². The van der Waals surface area contributed by atoms with E-state index in [1.54, 1.807) is 13.4 Å². The molecular weight excluding hydrogens is 338 g/mol. The summed E-state index contributed by atoms with van der Waals surface area (Å²) in [5, 5.41) is 9.12. The van der Waals surface area contributed by atoms with Gasteiger partial charge in [0.2, 0.25) is 0 Å². The van der Waals surface area contributed by atoms with Gasteiger partial charge in [0.05, 0.1) is 24.1 Å². The Morgan fingerprint density at radius 3 is 3.12 bits per heavy atom. The summed E-state index contributed by atoms with van der Waals surface area (Å²) in [6, 6.07) is 0.386. The Morgan fingerprint density at radius 2 is 2.28 bits per heavy atom. The minimum atomic E-state index is 0.0654. The quantitative estimate of drug-likeness (QED) is 0.874. The first-order chi connectivity index (χ1) is 12.3. The lowest BCUT2D eigenvalue weighted by Crippen LogP contribution is -2.46. The zero-order valence-electron chi connectivity index (χ0n) is 14.6. The first-order valence-corrected chi connectivity index (χ1v) is 10.1. The summed E-state index contributed by atoms with van der Waals surface area (Å²) >= 11 is 2.04. The average molecular weight is 363 g/mol. The molecule has 25 heavy (non-hydrogen) atoms. The molecule has 1 N–H and O–H groups in total. The number of nitrogens with zero attached hydrogens (tertiary/aromatic N) is 4. The van der Waals surface area contributed by atoms with Crippen molar-refractivity contribution >= 4 is 28.6 Å². The number of ether oxygens (including phenoxy) is 2. The molecule has 0 amide bonds. The minimum Gasteiger partial charge on any atom is -0.383 e. The molecule has 8 heteroatoms. The SMILES string of the molecule is COCCn1cc2c(NC3CCOC4(CCSCC4)C3)ncnc2n1. The van der Waals surface area contributed by atoms with Crippen molar-refractivity contribution in [3.63, 3.8) is 0 Å². The third-order valence-corrected chi connectivity index (χ3v) is 6.11. The van der Waals surface area contributed by atoms with Crippen LogP contribution in [-0.2, 0) is 16.0 Å². The summed E-state index contributed by atoms with van der Waals surface area (Å²) in [7, 11) is 1.70. The second-order valence-corrected chi connectivity index (χ2v) is 8.05. The summed E-state index contributed by atoms with van der Waals surface area (Å²) in [5.41, 5.74) is 0.792. The number of methoxy groups -OCH3 is 1. The third-order valence-electron chi connectivity index (χ3n) is 5.13. The van der Waals surface area contributed by atoms with Crippen LogP contribution in [0.5, 0.6) is 0 Å². The fraction of sp³-hybridized carbons (Fsp3) is 0.706. The lowest BCUT2D eigenvalue weighted by molar-refractivity contribution is -0.0865. The molecule has 2 aliphatic heterocycles. The highest BCUT2D eigenvalue weighted by atomic mass is 32.2. The maximum Gasteiger partial charge on any atom is 0.186 e. The van der Waals surface area contributed by atoms with E-state index in [0.717, 1.165) is 49.1 Å². The molecule has 2 fully saturated rings. The van der Waals surface area contributed by atoms with Gasteiger partial charge in [-0.05, 0) is 37.2 Å². The number of thioether (sulfide) groups is 1. The monoisotopic (exact) mass is 363 g/mol. The van der Waals surface area contributed by atoms with E-state index in [1.165, 1.54) is 11.5 Å². The van der Waals surface area contributed by atoms with Crippen molar-refractivity contribution in [2.24, 2.45) is 0 Å². The van der Waals surface area contributed by atoms with Crippen LogP contribution in [0.25, 0.3) is 11.0 Å². The van der Waals surface area contributed by atoms with Gasteiger partial charge in [-0.2, -0.15) is 16.9 Å². The van der Waals surface area contributed by atoms with E-state index >= 15 is 0 Å². The molecule has 1 atom stereocenters. The van der Waals surface area contributed by atoms with Gasteiger partial charge < -0.3 is 14.8 Å². The van der Waals surface area contributed by atoms with E-state index in [1.807, 2.05) is 22.6 Å². The summed E-state index contributed by atoms with van der Waals surface area (Å²) in [6.45, 7) is 2.17. The number of nitrogens with one attached hydrogen (secondary N) is 1. The molecule has 1 unspecified atom stereocenters. The maximum atomic E-state index is 6.19. The van der Waals surface area contributed by atoms with Crippen molar-refractivity contribution < 1.29 is 9.47 Å². The zero-order chi connectivity index (χ0) is 17.1. The van der Waals surface area contributed by atoms with Crippen LogP contribution < -0.4 is 5.32 Å². The lowest BCUT2D eigenvalue weighted by Gasteiger charge is -2.43. The Kier molecular flexibility index (Phi) is 5.10. The van der Waals surface area contributed by atoms with Crippen LogP contribution in [-0.4, -0.2) is 63.2 Å². The molecule has 7 nitrogen and oxygen atoms in total. The van der Waals surface area contributed by atoms with Crippen molar-refractivity contribution in [1.82, 2.24) is 19.7 Å². The average Bonchev–Trinajstić information content (AvgIpc) is 3.05. The van der Waals surface area contributed by atoms with Crippen LogP contribution in [0.2, 0.25) is 0 Å². The predicted molar refractivity (Wildman–Crippen MR) is 99.1 cm³/mol. The fourth-order valence-electron chi connectivity index (χ4n) is 3.73. The molecule has 4 rings (SSSR count). The summed E-state index contributed by atoms with van der Waals surface area (Å²) in [6.07, 6.45) is 7.97. The highest BCUT2D eigenvalue weighted by Crippen LogP contribution is 2.38. The van der Waals surface area contributed by atoms with Crippen molar-refractivity contribution in [2.75, 3.05) is 37.1 Å². The number of rotatable bonds is 5. The lowest BCUT2D eigenvalue weighted by atomic mass is 9.85. The van der Waals surface area contributed by atoms with E-state index in [9.17, 15) is 0 Å². The number of hydrogen-bond acceptors (Lipinski definition) is 7. The van der Waals surface area contributed by atoms with Crippen LogP contribution in [0.15, 0.2) is 12.5 Å². The molecule has 0 saturated carbocycles. The largest absolute Gasteiger partial charge is 0.383 e. The first-order valence-electron chi connectivity index (χ1n) is 8.93. The van der Waals surface area contributed by atoms with Gasteiger partial charge in [-0.25, -0.2) is 9.97 Å². The molecule has 2 saturated heterocycles. The topological polar surface area (TPSA) is 74.1 Å². The van der Waals surface area contributed by atoms with Gasteiger partial charge in [-0.15, -0.1) is 0 Å². The molecule has 2 aromatic heterocycles. The molecular formula is C17H25N5O2S. The normalized spacial score (nSPS) is 23.2. The van der Waals surface area contributed by atoms with Gasteiger partial charge in [0.25, 0.3) is 0 Å². The van der Waals surface area contributed by atoms with Crippen LogP contribution in [0.3, 0.4) is 0 Å². The van der Waals surface area contributed by atoms with E-state index in [2.05, 4.69) is 20.4 Å². The molecule has 4 heterocycles. The van der Waals surface area contributed by atoms with Crippen LogP contribution in [0.1, 0.15) is 25.7 Å². The maximum absolute atomic E-state index is 6.19. The Hall–Kier alpha value is -1.38. The number of fused-ring (bicyclic) bond motifs is 1. The Bertz CT molecular complexity index is 711. The van der Waals surface area contributed by atoms with Gasteiger partial charge in [-0.1, -0.05) is 0 Å². The van der Waals surface area contributed by atoms with Gasteiger partial charge >= 0.3 is 0 Å². The summed E-state index contributed by atoms with van der Waals surface area (Å²) in [5.74, 6) is 3.29. The smallest absolute Gasteiger partial charge is 0.186 e. The van der Waals surface area contributed by atoms with E-state index in [-0.39, 0.29) is 5.60 Å². The number of hydrogen-bond donors (Lipinski definition) is 1. The third kappa shape index (κ3) is 3.75. The second kappa shape index (κ2) is 7.47. The molecule has 136 valence electrons. The molecule has 1 spiro atoms. The summed E-state index contributed by atoms with van der Waals surface area (Å²) < 4.78 is 13.2. The van der Waals surface area contributed by atoms with Crippen LogP contribution in [0.4, 0.5) is 5.82 Å². The van der Waals surface area contributed by atoms with Gasteiger partial charge in [0.1, 0.15) is 12.1 Å². The second-order valence-electron chi connectivity index (χ2n) is 6.82. The van der Waals surface area contributed by atoms with Crippen LogP contribution >= 0.6 is 11.8 Å². The standard InChI is InChI=1S/C17H25N5O2S/c1-23-7-5-22-11-14-15(18-12-19-16(14)21-22)20-13-2-6-24-17(10-13)3-8-25-9-4-17/h11-13H,2-10H2,1H3,(H,18,19,20,21). The Morgan fingerprint density at radius 1 is 1.40 bits per heavy atom. The number of aromatic nitrogens is 4. The zero-order valence-corrected chi connectivity index (χ0v) is 15.4. The van der Waals surface area contributed by atoms with Crippen molar-refractivity contribution in [3.05, 3.63) is 12.5 Å². The minimum absolute atomic E-state index is 0.0654. The van der Waals surface area contributed by atoms with E-state index in [0.29, 0.717) is 19.2 Å². The van der Waals surface area contributed by atoms with E-state index < -0.39 is 0 Å². The number of anilines is 1. The summed E-state index contributed by atoms with van der Waals surface area (Å²) in [4.78, 5) is 8.77. The van der Waals surface area contributed by atoms with Gasteiger partial charge in [0.15, 0.2) is 5.65 Å². The molecule has 2 aliphatic rings. The highest BCUT2D eigenvalue weighted by Gasteiger charge is 2.38. The van der Waals surface area contributed by atoms with Gasteiger partial charge in [0, 0.05) is 26.0 Å². The van der Waals surface area contributed by atoms with Crippen molar-refractivity contribution in [2.45, 2.75) is 43.9 Å². The Balaban J connectivity index is 1.50. The van der Waals surface area contributed by atoms with E-state index in [4.69, 9.17) is 9.47 Å².